The number of likely N-dealkylation sites (tertiary alicyclic amines) is 1. The molecule has 0 atom stereocenters. The van der Waals surface area contributed by atoms with Gasteiger partial charge in [-0.3, -0.25) is 0 Å². The number of rotatable bonds is 4. The van der Waals surface area contributed by atoms with Crippen LogP contribution in [0.15, 0.2) is 26.1 Å². The Balaban J connectivity index is 1.58. The molecule has 1 fully saturated rings. The van der Waals surface area contributed by atoms with E-state index in [0.717, 1.165) is 17.3 Å². The molecule has 1 N–H and O–H groups in total. The first-order valence-corrected chi connectivity index (χ1v) is 8.96. The van der Waals surface area contributed by atoms with Gasteiger partial charge in [-0.1, -0.05) is 0 Å². The van der Waals surface area contributed by atoms with Crippen molar-refractivity contribution in [2.45, 2.75) is 32.7 Å². The molecule has 0 bridgehead atoms. The van der Waals surface area contributed by atoms with Crippen molar-refractivity contribution in [3.8, 4) is 0 Å². The molecule has 2 heterocycles. The van der Waals surface area contributed by atoms with Gasteiger partial charge in [0.1, 0.15) is 0 Å². The van der Waals surface area contributed by atoms with Gasteiger partial charge < -0.3 is 0 Å². The Labute approximate surface area is 126 Å². The summed E-state index contributed by atoms with van der Waals surface area (Å²) in [5.41, 5.74) is 3.32. The minimum atomic E-state index is 0.0563. The van der Waals surface area contributed by atoms with Crippen molar-refractivity contribution in [1.29, 1.82) is 0 Å². The molecule has 0 spiro atoms. The number of nitrogens with zero attached hydrogens (tertiary/aromatic N) is 3. The monoisotopic (exact) mass is 338 g/mol. The molecule has 2 aliphatic heterocycles. The second-order valence-corrected chi connectivity index (χ2v) is 7.16. The van der Waals surface area contributed by atoms with E-state index in [2.05, 4.69) is 50.2 Å². The quantitative estimate of drug-likeness (QED) is 0.867. The fraction of sp³-hybridized carbons (Fsp3) is 0.600. The van der Waals surface area contributed by atoms with Crippen LogP contribution in [-0.2, 0) is 0 Å². The Morgan fingerprint density at radius 1 is 1.30 bits per heavy atom. The first-order chi connectivity index (χ1) is 9.72. The molecule has 5 heteroatoms. The van der Waals surface area contributed by atoms with Crippen LogP contribution in [-0.4, -0.2) is 45.1 Å². The molecule has 1 aromatic carbocycles. The van der Waals surface area contributed by atoms with Gasteiger partial charge >= 0.3 is 126 Å². The van der Waals surface area contributed by atoms with Crippen LogP contribution in [0.3, 0.4) is 0 Å². The van der Waals surface area contributed by atoms with Gasteiger partial charge in [0, 0.05) is 0 Å². The third-order valence-electron chi connectivity index (χ3n) is 3.86. The van der Waals surface area contributed by atoms with E-state index in [1.165, 1.54) is 38.2 Å². The SMILES string of the molecule is CC(C)CN1CCC(Nc2cccc3c2N=[Se]=N3)CC1. The number of hydrogen-bond acceptors (Lipinski definition) is 4. The molecule has 2 aliphatic rings. The van der Waals surface area contributed by atoms with Crippen molar-refractivity contribution < 1.29 is 0 Å². The second kappa shape index (κ2) is 6.25. The number of piperidine rings is 1. The van der Waals surface area contributed by atoms with Gasteiger partial charge in [0.15, 0.2) is 0 Å². The van der Waals surface area contributed by atoms with Gasteiger partial charge in [-0.2, -0.15) is 0 Å². The van der Waals surface area contributed by atoms with E-state index in [0.29, 0.717) is 6.04 Å². The van der Waals surface area contributed by atoms with Crippen molar-refractivity contribution in [3.63, 3.8) is 0 Å². The topological polar surface area (TPSA) is 40.0 Å². The molecule has 108 valence electrons. The van der Waals surface area contributed by atoms with E-state index >= 15 is 0 Å². The summed E-state index contributed by atoms with van der Waals surface area (Å²) in [6.45, 7) is 8.23. The van der Waals surface area contributed by atoms with E-state index in [1.807, 2.05) is 0 Å². The molecule has 0 saturated carbocycles. The van der Waals surface area contributed by atoms with Gasteiger partial charge in [0.2, 0.25) is 0 Å². The summed E-state index contributed by atoms with van der Waals surface area (Å²) in [4.78, 5) is 2.58. The molecule has 0 radical (unpaired) electrons. The first kappa shape index (κ1) is 14.1. The zero-order valence-electron chi connectivity index (χ0n) is 12.2. The molecular formula is C15H22N4Se. The summed E-state index contributed by atoms with van der Waals surface area (Å²) < 4.78 is 8.99. The van der Waals surface area contributed by atoms with Crippen molar-refractivity contribution in [1.82, 2.24) is 4.90 Å². The van der Waals surface area contributed by atoms with Crippen LogP contribution in [0.1, 0.15) is 26.7 Å². The molecule has 20 heavy (non-hydrogen) atoms. The second-order valence-electron chi connectivity index (χ2n) is 6.05. The van der Waals surface area contributed by atoms with Gasteiger partial charge in [-0.05, 0) is 0 Å². The summed E-state index contributed by atoms with van der Waals surface area (Å²) in [5, 5.41) is 3.68. The van der Waals surface area contributed by atoms with Gasteiger partial charge in [-0.25, -0.2) is 0 Å². The number of anilines is 1. The average Bonchev–Trinajstić information content (AvgIpc) is 2.90. The van der Waals surface area contributed by atoms with Crippen LogP contribution in [0.5, 0.6) is 0 Å². The van der Waals surface area contributed by atoms with Crippen LogP contribution in [0.25, 0.3) is 0 Å². The van der Waals surface area contributed by atoms with Crippen molar-refractivity contribution in [2.75, 3.05) is 25.0 Å². The fourth-order valence-electron chi connectivity index (χ4n) is 2.92. The first-order valence-electron chi connectivity index (χ1n) is 7.42. The molecule has 3 rings (SSSR count). The Bertz CT molecular complexity index is 541. The Kier molecular flexibility index (Phi) is 4.39. The third kappa shape index (κ3) is 3.22. The van der Waals surface area contributed by atoms with E-state index < -0.39 is 0 Å². The maximum atomic E-state index is 4.54. The van der Waals surface area contributed by atoms with Crippen LogP contribution < -0.4 is 5.32 Å². The summed E-state index contributed by atoms with van der Waals surface area (Å²) in [7, 11) is 0. The Hall–Kier alpha value is -0.901. The van der Waals surface area contributed by atoms with Crippen molar-refractivity contribution in [2.24, 2.45) is 13.8 Å². The Morgan fingerprint density at radius 3 is 2.85 bits per heavy atom. The predicted octanol–water partition coefficient (Wildman–Crippen LogP) is 3.57. The summed E-state index contributed by atoms with van der Waals surface area (Å²) in [6, 6.07) is 6.85. The Morgan fingerprint density at radius 2 is 2.10 bits per heavy atom. The molecule has 1 saturated heterocycles. The molecule has 0 aliphatic carbocycles. The average molecular weight is 337 g/mol. The summed E-state index contributed by atoms with van der Waals surface area (Å²) >= 11 is 0.0563. The fourth-order valence-corrected chi connectivity index (χ4v) is 4.07. The standard InChI is InChI=1S/C15H22N4Se/c1-11(2)10-19-8-6-12(7-9-19)16-13-4-3-5-14-15(13)18-20-17-14/h3-5,11-12,16H,6-10H2,1-2H3. The van der Waals surface area contributed by atoms with Gasteiger partial charge in [0.25, 0.3) is 0 Å². The molecule has 0 amide bonds. The van der Waals surface area contributed by atoms with Crippen LogP contribution in [0.4, 0.5) is 17.1 Å². The van der Waals surface area contributed by atoms with E-state index in [9.17, 15) is 0 Å². The summed E-state index contributed by atoms with van der Waals surface area (Å²) in [6.07, 6.45) is 2.44. The zero-order chi connectivity index (χ0) is 13.9. The zero-order valence-corrected chi connectivity index (χ0v) is 13.9. The third-order valence-corrected chi connectivity index (χ3v) is 4.99. The number of hydrogen-bond donors (Lipinski definition) is 1. The molecule has 4 nitrogen and oxygen atoms in total. The molecule has 0 aromatic heterocycles. The van der Waals surface area contributed by atoms with Crippen LogP contribution >= 0.6 is 0 Å². The van der Waals surface area contributed by atoms with Gasteiger partial charge in [0.05, 0.1) is 0 Å². The number of benzene rings is 1. The van der Waals surface area contributed by atoms with Crippen LogP contribution in [0.2, 0.25) is 0 Å². The van der Waals surface area contributed by atoms with E-state index in [-0.39, 0.29) is 14.6 Å². The number of nitrogens with one attached hydrogen (secondary N) is 1. The summed E-state index contributed by atoms with van der Waals surface area (Å²) in [5.74, 6) is 0.763. The van der Waals surface area contributed by atoms with Gasteiger partial charge in [-0.15, -0.1) is 0 Å². The maximum absolute atomic E-state index is 4.54. The van der Waals surface area contributed by atoms with Crippen molar-refractivity contribution in [3.05, 3.63) is 18.2 Å². The minimum absolute atomic E-state index is 0.0563. The van der Waals surface area contributed by atoms with E-state index in [1.54, 1.807) is 0 Å². The normalized spacial score (nSPS) is 19.1. The van der Waals surface area contributed by atoms with Crippen molar-refractivity contribution >= 4 is 31.6 Å². The van der Waals surface area contributed by atoms with Crippen LogP contribution in [0, 0.1) is 5.92 Å². The number of fused-ring (bicyclic) bond motifs is 1. The predicted molar refractivity (Wildman–Crippen MR) is 84.3 cm³/mol. The molecular weight excluding hydrogens is 315 g/mol. The molecule has 1 aromatic rings. The molecule has 0 unspecified atom stereocenters. The van der Waals surface area contributed by atoms with E-state index in [4.69, 9.17) is 0 Å².